The number of rotatable bonds is 2. The van der Waals surface area contributed by atoms with Crippen LogP contribution < -0.4 is 5.32 Å². The Kier molecular flexibility index (Phi) is 2.57. The molecule has 1 atom stereocenters. The van der Waals surface area contributed by atoms with Crippen LogP contribution in [0.4, 0.5) is 0 Å². The number of nitrogens with one attached hydrogen (secondary N) is 1. The average molecular weight is 218 g/mol. The summed E-state index contributed by atoms with van der Waals surface area (Å²) in [5.74, 6) is 0. The van der Waals surface area contributed by atoms with Crippen molar-refractivity contribution >= 4 is 22.9 Å². The highest BCUT2D eigenvalue weighted by atomic mass is 32.1. The van der Waals surface area contributed by atoms with Gasteiger partial charge >= 0.3 is 0 Å². The van der Waals surface area contributed by atoms with Crippen LogP contribution in [-0.4, -0.2) is 16.4 Å². The molecule has 0 unspecified atom stereocenters. The minimum absolute atomic E-state index is 0.220. The summed E-state index contributed by atoms with van der Waals surface area (Å²) in [7, 11) is 0. The zero-order valence-corrected chi connectivity index (χ0v) is 9.77. The summed E-state index contributed by atoms with van der Waals surface area (Å²) in [6.07, 6.45) is 0.934. The lowest BCUT2D eigenvalue weighted by Crippen LogP contribution is -2.38. The lowest BCUT2D eigenvalue weighted by atomic mass is 10.1. The van der Waals surface area contributed by atoms with Crippen LogP contribution in [0.1, 0.15) is 25.8 Å². The number of benzene rings is 1. The van der Waals surface area contributed by atoms with Gasteiger partial charge in [-0.2, -0.15) is 0 Å². The second-order valence-corrected chi connectivity index (χ2v) is 4.32. The molecule has 1 N–H and O–H groups in total. The molecule has 0 aromatic heterocycles. The number of aliphatic imine (C=N–C) groups is 1. The summed E-state index contributed by atoms with van der Waals surface area (Å²) in [5.41, 5.74) is 1.78. The van der Waals surface area contributed by atoms with Gasteiger partial charge in [-0.25, -0.2) is 0 Å². The molecule has 1 aliphatic rings. The van der Waals surface area contributed by atoms with Crippen molar-refractivity contribution in [2.24, 2.45) is 4.99 Å². The molecule has 1 heterocycles. The van der Waals surface area contributed by atoms with Gasteiger partial charge in [0.1, 0.15) is 16.4 Å². The fourth-order valence-electron chi connectivity index (χ4n) is 1.59. The number of hydrogen-bond donors (Lipinski definition) is 1. The predicted molar refractivity (Wildman–Crippen MR) is 67.4 cm³/mol. The Bertz CT molecular complexity index is 411. The van der Waals surface area contributed by atoms with E-state index in [4.69, 9.17) is 12.2 Å². The van der Waals surface area contributed by atoms with Gasteiger partial charge in [0, 0.05) is 5.56 Å². The van der Waals surface area contributed by atoms with Crippen molar-refractivity contribution in [1.29, 1.82) is 0 Å². The van der Waals surface area contributed by atoms with Crippen LogP contribution in [-0.2, 0) is 0 Å². The molecule has 1 aromatic rings. The van der Waals surface area contributed by atoms with Gasteiger partial charge in [-0.15, -0.1) is 0 Å². The fourth-order valence-corrected chi connectivity index (χ4v) is 1.97. The molecule has 0 fully saturated rings. The smallest absolute Gasteiger partial charge is 0.127 e. The minimum Gasteiger partial charge on any atom is -0.351 e. The SMILES string of the molecule is CC[C@]1(C)N=C(c2ccccc2)C(=S)N1. The van der Waals surface area contributed by atoms with E-state index in [-0.39, 0.29) is 5.66 Å². The second-order valence-electron chi connectivity index (χ2n) is 3.91. The highest BCUT2D eigenvalue weighted by Crippen LogP contribution is 2.20. The Balaban J connectivity index is 2.39. The molecule has 0 bridgehead atoms. The third-order valence-corrected chi connectivity index (χ3v) is 2.99. The Hall–Kier alpha value is -1.22. The van der Waals surface area contributed by atoms with Crippen molar-refractivity contribution in [3.63, 3.8) is 0 Å². The highest BCUT2D eigenvalue weighted by Gasteiger charge is 2.31. The molecular formula is C12H14N2S. The standard InChI is InChI=1S/C12H14N2S/c1-3-12(2)13-10(11(15)14-12)9-7-5-4-6-8-9/h4-8H,3H2,1-2H3,(H,14,15)/t12-/m1/s1. The molecule has 0 aliphatic carbocycles. The van der Waals surface area contributed by atoms with Crippen LogP contribution >= 0.6 is 12.2 Å². The fraction of sp³-hybridized carbons (Fsp3) is 0.333. The van der Waals surface area contributed by atoms with E-state index in [0.717, 1.165) is 22.7 Å². The third-order valence-electron chi connectivity index (χ3n) is 2.69. The lowest BCUT2D eigenvalue weighted by Gasteiger charge is -2.18. The predicted octanol–water partition coefficient (Wildman–Crippen LogP) is 2.53. The van der Waals surface area contributed by atoms with E-state index in [1.807, 2.05) is 30.3 Å². The Morgan fingerprint density at radius 3 is 2.53 bits per heavy atom. The molecule has 15 heavy (non-hydrogen) atoms. The highest BCUT2D eigenvalue weighted by molar-refractivity contribution is 7.82. The Morgan fingerprint density at radius 1 is 1.33 bits per heavy atom. The van der Waals surface area contributed by atoms with E-state index < -0.39 is 0 Å². The number of hydrogen-bond acceptors (Lipinski definition) is 2. The van der Waals surface area contributed by atoms with Crippen LogP contribution in [0, 0.1) is 0 Å². The van der Waals surface area contributed by atoms with Gasteiger partial charge in [-0.05, 0) is 13.3 Å². The monoisotopic (exact) mass is 218 g/mol. The summed E-state index contributed by atoms with van der Waals surface area (Å²) in [6.45, 7) is 4.17. The maximum Gasteiger partial charge on any atom is 0.127 e. The van der Waals surface area contributed by atoms with Crippen molar-refractivity contribution in [3.8, 4) is 0 Å². The van der Waals surface area contributed by atoms with Crippen LogP contribution in [0.5, 0.6) is 0 Å². The first kappa shape index (κ1) is 10.3. The molecule has 2 rings (SSSR count). The first-order chi connectivity index (χ1) is 7.14. The van der Waals surface area contributed by atoms with E-state index in [0.29, 0.717) is 0 Å². The van der Waals surface area contributed by atoms with Gasteiger partial charge in [-0.3, -0.25) is 4.99 Å². The van der Waals surface area contributed by atoms with Crippen LogP contribution in [0.15, 0.2) is 35.3 Å². The summed E-state index contributed by atoms with van der Waals surface area (Å²) in [4.78, 5) is 5.41. The topological polar surface area (TPSA) is 24.4 Å². The van der Waals surface area contributed by atoms with Crippen LogP contribution in [0.2, 0.25) is 0 Å². The molecule has 3 heteroatoms. The Morgan fingerprint density at radius 2 is 2.00 bits per heavy atom. The zero-order chi connectivity index (χ0) is 10.9. The van der Waals surface area contributed by atoms with Crippen molar-refractivity contribution in [2.45, 2.75) is 25.9 Å². The molecule has 0 saturated carbocycles. The van der Waals surface area contributed by atoms with Gasteiger partial charge in [0.2, 0.25) is 0 Å². The molecule has 0 spiro atoms. The van der Waals surface area contributed by atoms with E-state index in [1.54, 1.807) is 0 Å². The third kappa shape index (κ3) is 1.92. The molecule has 0 saturated heterocycles. The van der Waals surface area contributed by atoms with Gasteiger partial charge in [-0.1, -0.05) is 49.5 Å². The van der Waals surface area contributed by atoms with Gasteiger partial charge in [0.05, 0.1) is 0 Å². The summed E-state index contributed by atoms with van der Waals surface area (Å²) >= 11 is 5.30. The summed E-state index contributed by atoms with van der Waals surface area (Å²) < 4.78 is 0. The minimum atomic E-state index is -0.220. The second kappa shape index (κ2) is 3.74. The molecule has 1 aliphatic heterocycles. The molecule has 2 nitrogen and oxygen atoms in total. The first-order valence-corrected chi connectivity index (χ1v) is 5.53. The van der Waals surface area contributed by atoms with Crippen molar-refractivity contribution in [1.82, 2.24) is 5.32 Å². The van der Waals surface area contributed by atoms with Crippen molar-refractivity contribution in [2.75, 3.05) is 0 Å². The quantitative estimate of drug-likeness (QED) is 0.771. The zero-order valence-electron chi connectivity index (χ0n) is 8.95. The van der Waals surface area contributed by atoms with Crippen molar-refractivity contribution < 1.29 is 0 Å². The average Bonchev–Trinajstić information content (AvgIpc) is 2.57. The van der Waals surface area contributed by atoms with E-state index in [9.17, 15) is 0 Å². The summed E-state index contributed by atoms with van der Waals surface area (Å²) in [5, 5.41) is 3.26. The largest absolute Gasteiger partial charge is 0.351 e. The van der Waals surface area contributed by atoms with Crippen molar-refractivity contribution in [3.05, 3.63) is 35.9 Å². The van der Waals surface area contributed by atoms with Crippen LogP contribution in [0.25, 0.3) is 0 Å². The molecule has 0 radical (unpaired) electrons. The first-order valence-electron chi connectivity index (χ1n) is 5.12. The van der Waals surface area contributed by atoms with Gasteiger partial charge in [0.15, 0.2) is 0 Å². The molecule has 0 amide bonds. The normalized spacial score (nSPS) is 24.9. The number of nitrogens with zero attached hydrogens (tertiary/aromatic N) is 1. The maximum atomic E-state index is 5.30. The molecule has 78 valence electrons. The summed E-state index contributed by atoms with van der Waals surface area (Å²) in [6, 6.07) is 10.1. The number of thiocarbonyl (C=S) groups is 1. The van der Waals surface area contributed by atoms with E-state index in [1.165, 1.54) is 0 Å². The van der Waals surface area contributed by atoms with Gasteiger partial charge < -0.3 is 5.32 Å². The van der Waals surface area contributed by atoms with Crippen LogP contribution in [0.3, 0.4) is 0 Å². The molecular weight excluding hydrogens is 204 g/mol. The molecule has 1 aromatic carbocycles. The van der Waals surface area contributed by atoms with E-state index in [2.05, 4.69) is 24.2 Å². The lowest BCUT2D eigenvalue weighted by molar-refractivity contribution is 0.440. The maximum absolute atomic E-state index is 5.30. The van der Waals surface area contributed by atoms with E-state index >= 15 is 0 Å². The Labute approximate surface area is 95.4 Å². The van der Waals surface area contributed by atoms with Gasteiger partial charge in [0.25, 0.3) is 0 Å².